The first-order chi connectivity index (χ1) is 11.8. The molecular formula is C20H16N4. The molecule has 1 N–H and O–H groups in total. The summed E-state index contributed by atoms with van der Waals surface area (Å²) < 4.78 is 0. The number of aryl methyl sites for hydroxylation is 1. The van der Waals surface area contributed by atoms with Gasteiger partial charge in [-0.05, 0) is 36.8 Å². The predicted molar refractivity (Wildman–Crippen MR) is 98.2 cm³/mol. The van der Waals surface area contributed by atoms with Crippen LogP contribution >= 0.6 is 0 Å². The highest BCUT2D eigenvalue weighted by Gasteiger charge is 2.15. The molecule has 0 atom stereocenters. The number of rotatable bonds is 2. The summed E-state index contributed by atoms with van der Waals surface area (Å²) >= 11 is 0. The van der Waals surface area contributed by atoms with Crippen LogP contribution in [0.1, 0.15) is 16.7 Å². The van der Waals surface area contributed by atoms with Crippen LogP contribution in [0.15, 0.2) is 83.0 Å². The molecule has 1 aliphatic rings. The molecule has 0 radical (unpaired) electrons. The van der Waals surface area contributed by atoms with E-state index in [0.29, 0.717) is 5.84 Å². The predicted octanol–water partition coefficient (Wildman–Crippen LogP) is 4.34. The Morgan fingerprint density at radius 3 is 2.46 bits per heavy atom. The molecule has 116 valence electrons. The summed E-state index contributed by atoms with van der Waals surface area (Å²) in [6.07, 6.45) is 3.56. The summed E-state index contributed by atoms with van der Waals surface area (Å²) in [6.45, 7) is 2.07. The topological polar surface area (TPSA) is 49.6 Å². The van der Waals surface area contributed by atoms with Crippen LogP contribution in [0, 0.1) is 6.92 Å². The lowest BCUT2D eigenvalue weighted by atomic mass is 10.2. The zero-order valence-electron chi connectivity index (χ0n) is 13.3. The van der Waals surface area contributed by atoms with E-state index in [-0.39, 0.29) is 0 Å². The van der Waals surface area contributed by atoms with E-state index in [4.69, 9.17) is 9.98 Å². The van der Waals surface area contributed by atoms with Crippen molar-refractivity contribution in [3.05, 3.63) is 89.7 Å². The lowest BCUT2D eigenvalue weighted by molar-refractivity contribution is 1.31. The van der Waals surface area contributed by atoms with Crippen molar-refractivity contribution in [1.29, 1.82) is 0 Å². The second-order valence-corrected chi connectivity index (χ2v) is 5.65. The number of nitrogens with zero attached hydrogens (tertiary/aromatic N) is 3. The fourth-order valence-electron chi connectivity index (χ4n) is 2.60. The number of amidine groups is 2. The van der Waals surface area contributed by atoms with Crippen LogP contribution in [-0.4, -0.2) is 16.7 Å². The summed E-state index contributed by atoms with van der Waals surface area (Å²) in [5.41, 5.74) is 4.90. The minimum absolute atomic E-state index is 0.685. The number of nitrogens with one attached hydrogen (secondary N) is 1. The van der Waals surface area contributed by atoms with Crippen molar-refractivity contribution in [2.24, 2.45) is 9.98 Å². The third-order valence-corrected chi connectivity index (χ3v) is 3.82. The number of fused-ring (bicyclic) bond motifs is 1. The fraction of sp³-hybridized carbons (Fsp3) is 0.0500. The Morgan fingerprint density at radius 2 is 1.67 bits per heavy atom. The molecule has 24 heavy (non-hydrogen) atoms. The molecule has 0 saturated heterocycles. The summed E-state index contributed by atoms with van der Waals surface area (Å²) in [6, 6.07) is 20.1. The quantitative estimate of drug-likeness (QED) is 0.765. The van der Waals surface area contributed by atoms with Gasteiger partial charge in [-0.25, -0.2) is 9.98 Å². The minimum atomic E-state index is 0.685. The first kappa shape index (κ1) is 14.3. The molecular weight excluding hydrogens is 296 g/mol. The summed E-state index contributed by atoms with van der Waals surface area (Å²) in [7, 11) is 0. The molecule has 0 unspecified atom stereocenters. The second-order valence-electron chi connectivity index (χ2n) is 5.65. The Morgan fingerprint density at radius 1 is 0.833 bits per heavy atom. The lowest BCUT2D eigenvalue weighted by Crippen LogP contribution is -2.15. The highest BCUT2D eigenvalue weighted by Crippen LogP contribution is 2.29. The maximum absolute atomic E-state index is 4.78. The van der Waals surface area contributed by atoms with Gasteiger partial charge in [-0.1, -0.05) is 36.4 Å². The zero-order chi connectivity index (χ0) is 16.4. The molecule has 4 heteroatoms. The maximum atomic E-state index is 4.78. The fourth-order valence-corrected chi connectivity index (χ4v) is 2.60. The van der Waals surface area contributed by atoms with Crippen LogP contribution in [-0.2, 0) is 0 Å². The van der Waals surface area contributed by atoms with Gasteiger partial charge in [-0.2, -0.15) is 0 Å². The second kappa shape index (κ2) is 6.08. The monoisotopic (exact) mass is 312 g/mol. The normalized spacial score (nSPS) is 13.2. The standard InChI is InChI=1S/C20H16N4/c1-14-9-10-17-18(12-14)23-20(16-8-5-11-21-13-16)24-19(22-17)15-6-3-2-4-7-15/h2-13H,1H3,(H,22,23,24). The van der Waals surface area contributed by atoms with E-state index in [1.807, 2.05) is 48.5 Å². The molecule has 0 saturated carbocycles. The Balaban J connectivity index is 1.90. The van der Waals surface area contributed by atoms with E-state index in [9.17, 15) is 0 Å². The smallest absolute Gasteiger partial charge is 0.162 e. The first-order valence-corrected chi connectivity index (χ1v) is 7.80. The van der Waals surface area contributed by atoms with E-state index in [0.717, 1.165) is 28.3 Å². The van der Waals surface area contributed by atoms with E-state index in [1.54, 1.807) is 12.4 Å². The maximum Gasteiger partial charge on any atom is 0.162 e. The van der Waals surface area contributed by atoms with E-state index >= 15 is 0 Å². The summed E-state index contributed by atoms with van der Waals surface area (Å²) in [5, 5.41) is 3.41. The molecule has 1 aromatic heterocycles. The van der Waals surface area contributed by atoms with Gasteiger partial charge >= 0.3 is 0 Å². The van der Waals surface area contributed by atoms with Gasteiger partial charge < -0.3 is 5.32 Å². The van der Waals surface area contributed by atoms with Crippen molar-refractivity contribution in [3.8, 4) is 0 Å². The molecule has 3 aromatic rings. The molecule has 1 aliphatic heterocycles. The third-order valence-electron chi connectivity index (χ3n) is 3.82. The van der Waals surface area contributed by atoms with Crippen LogP contribution in [0.4, 0.5) is 11.4 Å². The van der Waals surface area contributed by atoms with Crippen LogP contribution in [0.2, 0.25) is 0 Å². The highest BCUT2D eigenvalue weighted by molar-refractivity contribution is 6.19. The number of anilines is 1. The molecule has 0 bridgehead atoms. The summed E-state index contributed by atoms with van der Waals surface area (Å²) in [5.74, 6) is 1.43. The van der Waals surface area contributed by atoms with Crippen molar-refractivity contribution in [3.63, 3.8) is 0 Å². The molecule has 0 fully saturated rings. The lowest BCUT2D eigenvalue weighted by Gasteiger charge is -2.10. The van der Waals surface area contributed by atoms with Crippen LogP contribution in [0.25, 0.3) is 0 Å². The van der Waals surface area contributed by atoms with Gasteiger partial charge in [-0.15, -0.1) is 0 Å². The van der Waals surface area contributed by atoms with Crippen LogP contribution < -0.4 is 5.32 Å². The van der Waals surface area contributed by atoms with Gasteiger partial charge in [0.2, 0.25) is 0 Å². The Labute approximate surface area is 140 Å². The van der Waals surface area contributed by atoms with Crippen molar-refractivity contribution in [1.82, 2.24) is 4.98 Å². The van der Waals surface area contributed by atoms with E-state index in [2.05, 4.69) is 29.4 Å². The van der Waals surface area contributed by atoms with E-state index in [1.165, 1.54) is 5.56 Å². The number of hydrogen-bond acceptors (Lipinski definition) is 4. The Bertz CT molecular complexity index is 928. The number of pyridine rings is 1. The van der Waals surface area contributed by atoms with Crippen molar-refractivity contribution in [2.45, 2.75) is 6.92 Å². The number of hydrogen-bond donors (Lipinski definition) is 1. The van der Waals surface area contributed by atoms with Crippen molar-refractivity contribution < 1.29 is 0 Å². The van der Waals surface area contributed by atoms with Gasteiger partial charge in [0.15, 0.2) is 5.84 Å². The van der Waals surface area contributed by atoms with Gasteiger partial charge in [0, 0.05) is 23.5 Å². The van der Waals surface area contributed by atoms with Gasteiger partial charge in [-0.3, -0.25) is 4.98 Å². The highest BCUT2D eigenvalue weighted by atomic mass is 15.1. The first-order valence-electron chi connectivity index (χ1n) is 7.80. The Hall–Kier alpha value is -3.27. The average molecular weight is 312 g/mol. The molecule has 0 spiro atoms. The number of aliphatic imine (C=N–C) groups is 2. The molecule has 2 aromatic carbocycles. The zero-order valence-corrected chi connectivity index (χ0v) is 13.3. The molecule has 2 heterocycles. The van der Waals surface area contributed by atoms with Gasteiger partial charge in [0.05, 0.1) is 11.4 Å². The van der Waals surface area contributed by atoms with Crippen molar-refractivity contribution >= 4 is 23.0 Å². The van der Waals surface area contributed by atoms with Crippen molar-refractivity contribution in [2.75, 3.05) is 5.32 Å². The summed E-state index contributed by atoms with van der Waals surface area (Å²) in [4.78, 5) is 13.7. The molecule has 4 rings (SSSR count). The Kier molecular flexibility index (Phi) is 3.63. The van der Waals surface area contributed by atoms with Crippen LogP contribution in [0.3, 0.4) is 0 Å². The SMILES string of the molecule is Cc1ccc2c(c1)NC(c1cccnc1)=NC(c1ccccc1)=N2. The van der Waals surface area contributed by atoms with E-state index < -0.39 is 0 Å². The third kappa shape index (κ3) is 2.82. The molecule has 0 amide bonds. The largest absolute Gasteiger partial charge is 0.338 e. The number of aromatic nitrogens is 1. The average Bonchev–Trinajstić information content (AvgIpc) is 2.82. The molecule has 4 nitrogen and oxygen atoms in total. The molecule has 0 aliphatic carbocycles. The van der Waals surface area contributed by atoms with Gasteiger partial charge in [0.25, 0.3) is 0 Å². The minimum Gasteiger partial charge on any atom is -0.338 e. The van der Waals surface area contributed by atoms with Crippen LogP contribution in [0.5, 0.6) is 0 Å². The van der Waals surface area contributed by atoms with Gasteiger partial charge in [0.1, 0.15) is 5.84 Å². The number of benzene rings is 2.